The van der Waals surface area contributed by atoms with Gasteiger partial charge in [-0.2, -0.15) is 0 Å². The number of amides is 2. The summed E-state index contributed by atoms with van der Waals surface area (Å²) in [4.78, 5) is 25.3. The largest absolute Gasteiger partial charge is 0.340 e. The fourth-order valence-corrected chi connectivity index (χ4v) is 3.21. The molecule has 1 atom stereocenters. The summed E-state index contributed by atoms with van der Waals surface area (Å²) in [6, 6.07) is 17.7. The van der Waals surface area contributed by atoms with Gasteiger partial charge in [-0.25, -0.2) is 0 Å². The second-order valence-electron chi connectivity index (χ2n) is 5.93. The lowest BCUT2D eigenvalue weighted by atomic mass is 10.0. The highest BCUT2D eigenvalue weighted by Crippen LogP contribution is 2.16. The number of rotatable bonds is 7. The average Bonchev–Trinajstić information content (AvgIpc) is 3.16. The van der Waals surface area contributed by atoms with Gasteiger partial charge in [-0.15, -0.1) is 10.2 Å². The number of benzene rings is 2. The van der Waals surface area contributed by atoms with Crippen molar-refractivity contribution in [2.75, 3.05) is 5.32 Å². The van der Waals surface area contributed by atoms with Gasteiger partial charge in [0, 0.05) is 12.0 Å². The monoisotopic (exact) mass is 380 g/mol. The molecule has 0 saturated heterocycles. The molecular formula is C20H20N4O2S. The van der Waals surface area contributed by atoms with Crippen LogP contribution in [-0.4, -0.2) is 28.1 Å². The van der Waals surface area contributed by atoms with E-state index in [0.29, 0.717) is 17.1 Å². The average molecular weight is 380 g/mol. The van der Waals surface area contributed by atoms with Gasteiger partial charge in [0.1, 0.15) is 11.0 Å². The molecule has 0 aliphatic heterocycles. The third kappa shape index (κ3) is 5.21. The summed E-state index contributed by atoms with van der Waals surface area (Å²) in [6.07, 6.45) is 1.14. The predicted molar refractivity (Wildman–Crippen MR) is 106 cm³/mol. The molecule has 0 fully saturated rings. The van der Waals surface area contributed by atoms with Crippen LogP contribution in [0.1, 0.15) is 27.9 Å². The standard InChI is InChI=1S/C20H20N4O2S/c1-2-17-23-24-20(27-17)22-19(26)16(13-14-9-5-3-6-10-14)21-18(25)15-11-7-4-8-12-15/h3-12,16H,2,13H2,1H3,(H,21,25)(H,22,24,26). The van der Waals surface area contributed by atoms with E-state index in [1.165, 1.54) is 11.3 Å². The molecule has 0 radical (unpaired) electrons. The number of anilines is 1. The van der Waals surface area contributed by atoms with Gasteiger partial charge in [0.05, 0.1) is 0 Å². The van der Waals surface area contributed by atoms with Gasteiger partial charge in [-0.05, 0) is 24.1 Å². The maximum absolute atomic E-state index is 12.8. The summed E-state index contributed by atoms with van der Waals surface area (Å²) in [5, 5.41) is 14.9. The first-order chi connectivity index (χ1) is 13.2. The fraction of sp³-hybridized carbons (Fsp3) is 0.200. The summed E-state index contributed by atoms with van der Waals surface area (Å²) < 4.78 is 0. The second kappa shape index (κ2) is 9.05. The molecule has 6 nitrogen and oxygen atoms in total. The Morgan fingerprint density at radius 3 is 2.30 bits per heavy atom. The third-order valence-corrected chi connectivity index (χ3v) is 4.92. The molecule has 2 aromatic carbocycles. The number of carbonyl (C=O) groups is 2. The Bertz CT molecular complexity index is 897. The van der Waals surface area contributed by atoms with E-state index in [2.05, 4.69) is 20.8 Å². The van der Waals surface area contributed by atoms with E-state index in [4.69, 9.17) is 0 Å². The molecule has 1 unspecified atom stereocenters. The van der Waals surface area contributed by atoms with Crippen LogP contribution < -0.4 is 10.6 Å². The molecule has 1 aromatic heterocycles. The maximum Gasteiger partial charge on any atom is 0.251 e. The molecule has 0 aliphatic rings. The topological polar surface area (TPSA) is 84.0 Å². The molecule has 2 amide bonds. The highest BCUT2D eigenvalue weighted by molar-refractivity contribution is 7.15. The normalized spacial score (nSPS) is 11.6. The number of hydrogen-bond donors (Lipinski definition) is 2. The molecule has 2 N–H and O–H groups in total. The van der Waals surface area contributed by atoms with E-state index in [1.807, 2.05) is 43.3 Å². The van der Waals surface area contributed by atoms with Gasteiger partial charge in [-0.3, -0.25) is 14.9 Å². The summed E-state index contributed by atoms with van der Waals surface area (Å²) >= 11 is 1.33. The molecule has 0 saturated carbocycles. The van der Waals surface area contributed by atoms with Crippen LogP contribution in [0.4, 0.5) is 5.13 Å². The Balaban J connectivity index is 1.75. The van der Waals surface area contributed by atoms with E-state index >= 15 is 0 Å². The van der Waals surface area contributed by atoms with Crippen LogP contribution in [0.25, 0.3) is 0 Å². The van der Waals surface area contributed by atoms with Crippen molar-refractivity contribution in [3.63, 3.8) is 0 Å². The minimum Gasteiger partial charge on any atom is -0.340 e. The Labute approximate surface area is 161 Å². The first-order valence-electron chi connectivity index (χ1n) is 8.68. The molecular weight excluding hydrogens is 360 g/mol. The molecule has 0 aliphatic carbocycles. The van der Waals surface area contributed by atoms with E-state index in [9.17, 15) is 9.59 Å². The molecule has 27 heavy (non-hydrogen) atoms. The Morgan fingerprint density at radius 2 is 1.67 bits per heavy atom. The fourth-order valence-electron chi connectivity index (χ4n) is 2.53. The molecule has 0 bridgehead atoms. The minimum absolute atomic E-state index is 0.293. The maximum atomic E-state index is 12.8. The minimum atomic E-state index is -0.728. The zero-order chi connectivity index (χ0) is 19.1. The van der Waals surface area contributed by atoms with Crippen LogP contribution in [0.15, 0.2) is 60.7 Å². The van der Waals surface area contributed by atoms with Gasteiger partial charge in [-0.1, -0.05) is 66.8 Å². The summed E-state index contributed by atoms with van der Waals surface area (Å²) in [7, 11) is 0. The quantitative estimate of drug-likeness (QED) is 0.660. The van der Waals surface area contributed by atoms with Gasteiger partial charge in [0.15, 0.2) is 0 Å². The van der Waals surface area contributed by atoms with Crippen LogP contribution in [0.5, 0.6) is 0 Å². The highest BCUT2D eigenvalue weighted by Gasteiger charge is 2.23. The van der Waals surface area contributed by atoms with Crippen molar-refractivity contribution in [1.29, 1.82) is 0 Å². The number of aromatic nitrogens is 2. The highest BCUT2D eigenvalue weighted by atomic mass is 32.1. The lowest BCUT2D eigenvalue weighted by Gasteiger charge is -2.18. The number of hydrogen-bond acceptors (Lipinski definition) is 5. The second-order valence-corrected chi connectivity index (χ2v) is 6.99. The molecule has 3 aromatic rings. The zero-order valence-corrected chi connectivity index (χ0v) is 15.7. The van der Waals surface area contributed by atoms with E-state index in [0.717, 1.165) is 17.0 Å². The molecule has 7 heteroatoms. The first kappa shape index (κ1) is 18.7. The van der Waals surface area contributed by atoms with Gasteiger partial charge < -0.3 is 5.32 Å². The van der Waals surface area contributed by atoms with E-state index in [-0.39, 0.29) is 11.8 Å². The number of nitrogens with zero attached hydrogens (tertiary/aromatic N) is 2. The molecule has 138 valence electrons. The molecule has 3 rings (SSSR count). The molecule has 0 spiro atoms. The van der Waals surface area contributed by atoms with Crippen LogP contribution in [0.2, 0.25) is 0 Å². The molecule has 1 heterocycles. The van der Waals surface area contributed by atoms with Crippen molar-refractivity contribution >= 4 is 28.3 Å². The van der Waals surface area contributed by atoms with Crippen molar-refractivity contribution < 1.29 is 9.59 Å². The van der Waals surface area contributed by atoms with Crippen LogP contribution >= 0.6 is 11.3 Å². The SMILES string of the molecule is CCc1nnc(NC(=O)C(Cc2ccccc2)NC(=O)c2ccccc2)s1. The van der Waals surface area contributed by atoms with Crippen LogP contribution in [-0.2, 0) is 17.6 Å². The Morgan fingerprint density at radius 1 is 1.00 bits per heavy atom. The Hall–Kier alpha value is -3.06. The van der Waals surface area contributed by atoms with Crippen LogP contribution in [0.3, 0.4) is 0 Å². The predicted octanol–water partition coefficient (Wildman–Crippen LogP) is 3.08. The van der Waals surface area contributed by atoms with Gasteiger partial charge in [0.25, 0.3) is 5.91 Å². The number of aryl methyl sites for hydroxylation is 1. The van der Waals surface area contributed by atoms with Crippen LogP contribution in [0, 0.1) is 0 Å². The zero-order valence-electron chi connectivity index (χ0n) is 14.9. The summed E-state index contributed by atoms with van der Waals surface area (Å²) in [5.41, 5.74) is 1.46. The lowest BCUT2D eigenvalue weighted by molar-refractivity contribution is -0.118. The van der Waals surface area contributed by atoms with Gasteiger partial charge in [0.2, 0.25) is 11.0 Å². The number of nitrogens with one attached hydrogen (secondary N) is 2. The summed E-state index contributed by atoms with van der Waals surface area (Å²) in [6.45, 7) is 1.98. The van der Waals surface area contributed by atoms with Crippen molar-refractivity contribution in [2.45, 2.75) is 25.8 Å². The van der Waals surface area contributed by atoms with Gasteiger partial charge >= 0.3 is 0 Å². The van der Waals surface area contributed by atoms with Crippen molar-refractivity contribution in [3.8, 4) is 0 Å². The van der Waals surface area contributed by atoms with Crippen molar-refractivity contribution in [1.82, 2.24) is 15.5 Å². The summed E-state index contributed by atoms with van der Waals surface area (Å²) in [5.74, 6) is -0.611. The van der Waals surface area contributed by atoms with E-state index in [1.54, 1.807) is 24.3 Å². The van der Waals surface area contributed by atoms with E-state index < -0.39 is 6.04 Å². The lowest BCUT2D eigenvalue weighted by Crippen LogP contribution is -2.45. The smallest absolute Gasteiger partial charge is 0.251 e. The number of carbonyl (C=O) groups excluding carboxylic acids is 2. The van der Waals surface area contributed by atoms with Crippen molar-refractivity contribution in [3.05, 3.63) is 76.8 Å². The first-order valence-corrected chi connectivity index (χ1v) is 9.50. The third-order valence-electron chi connectivity index (χ3n) is 3.94. The van der Waals surface area contributed by atoms with Crippen molar-refractivity contribution in [2.24, 2.45) is 0 Å². The Kier molecular flexibility index (Phi) is 6.27.